The highest BCUT2D eigenvalue weighted by atomic mass is 19.4. The predicted octanol–water partition coefficient (Wildman–Crippen LogP) is 4.36. The van der Waals surface area contributed by atoms with E-state index in [1.165, 1.54) is 0 Å². The van der Waals surface area contributed by atoms with Crippen molar-refractivity contribution in [1.82, 2.24) is 0 Å². The maximum Gasteiger partial charge on any atom is 0.419 e. The van der Waals surface area contributed by atoms with Crippen LogP contribution in [-0.2, 0) is 6.18 Å². The van der Waals surface area contributed by atoms with Crippen LogP contribution >= 0.6 is 0 Å². The zero-order valence-corrected chi connectivity index (χ0v) is 9.30. The fraction of sp³-hybridized carbons (Fsp3) is 0.0769. The number of aromatic hydroxyl groups is 1. The number of rotatable bonds is 1. The number of phenols is 1. The average molecular weight is 274 g/mol. The lowest BCUT2D eigenvalue weighted by molar-refractivity contribution is -0.139. The zero-order chi connectivity index (χ0) is 14.2. The SMILES string of the molecule is Oc1ccc(F)cc1-c1ccc(F)c(C(F)(F)F)c1. The molecule has 19 heavy (non-hydrogen) atoms. The number of hydrogen-bond acceptors (Lipinski definition) is 1. The van der Waals surface area contributed by atoms with Gasteiger partial charge in [-0.15, -0.1) is 0 Å². The summed E-state index contributed by atoms with van der Waals surface area (Å²) in [4.78, 5) is 0. The molecule has 0 unspecified atom stereocenters. The Morgan fingerprint density at radius 3 is 2.21 bits per heavy atom. The van der Waals surface area contributed by atoms with E-state index in [1.54, 1.807) is 0 Å². The van der Waals surface area contributed by atoms with E-state index >= 15 is 0 Å². The first kappa shape index (κ1) is 13.3. The number of hydrogen-bond donors (Lipinski definition) is 1. The van der Waals surface area contributed by atoms with Crippen molar-refractivity contribution in [3.05, 3.63) is 53.6 Å². The molecular weight excluding hydrogens is 267 g/mol. The molecule has 2 rings (SSSR count). The van der Waals surface area contributed by atoms with Crippen LogP contribution in [0.2, 0.25) is 0 Å². The topological polar surface area (TPSA) is 20.2 Å². The van der Waals surface area contributed by atoms with Gasteiger partial charge in [-0.05, 0) is 35.9 Å². The Bertz CT molecular complexity index is 619. The molecule has 0 fully saturated rings. The Kier molecular flexibility index (Phi) is 3.18. The molecule has 0 aliphatic carbocycles. The molecule has 0 radical (unpaired) electrons. The van der Waals surface area contributed by atoms with E-state index in [4.69, 9.17) is 0 Å². The third kappa shape index (κ3) is 2.67. The van der Waals surface area contributed by atoms with Gasteiger partial charge in [0.2, 0.25) is 0 Å². The Balaban J connectivity index is 2.61. The van der Waals surface area contributed by atoms with Gasteiger partial charge in [-0.25, -0.2) is 8.78 Å². The summed E-state index contributed by atoms with van der Waals surface area (Å²) in [5.74, 6) is -2.53. The minimum atomic E-state index is -4.86. The molecule has 100 valence electrons. The fourth-order valence-corrected chi connectivity index (χ4v) is 1.65. The molecule has 0 spiro atoms. The van der Waals surface area contributed by atoms with Gasteiger partial charge in [0.25, 0.3) is 0 Å². The van der Waals surface area contributed by atoms with Gasteiger partial charge in [0, 0.05) is 5.56 Å². The van der Waals surface area contributed by atoms with Crippen molar-refractivity contribution in [3.63, 3.8) is 0 Å². The maximum atomic E-state index is 13.1. The van der Waals surface area contributed by atoms with Gasteiger partial charge in [0.05, 0.1) is 5.56 Å². The van der Waals surface area contributed by atoms with Crippen LogP contribution in [0.25, 0.3) is 11.1 Å². The molecule has 0 aromatic heterocycles. The third-order valence-corrected chi connectivity index (χ3v) is 2.54. The van der Waals surface area contributed by atoms with E-state index in [0.29, 0.717) is 12.1 Å². The minimum Gasteiger partial charge on any atom is -0.507 e. The van der Waals surface area contributed by atoms with Crippen LogP contribution in [0, 0.1) is 11.6 Å². The summed E-state index contributed by atoms with van der Waals surface area (Å²) < 4.78 is 63.8. The van der Waals surface area contributed by atoms with Gasteiger partial charge < -0.3 is 5.11 Å². The predicted molar refractivity (Wildman–Crippen MR) is 58.5 cm³/mol. The van der Waals surface area contributed by atoms with Crippen molar-refractivity contribution in [3.8, 4) is 16.9 Å². The summed E-state index contributed by atoms with van der Waals surface area (Å²) in [6.07, 6.45) is -4.86. The molecule has 6 heteroatoms. The van der Waals surface area contributed by atoms with Gasteiger partial charge >= 0.3 is 6.18 Å². The Morgan fingerprint density at radius 2 is 1.58 bits per heavy atom. The summed E-state index contributed by atoms with van der Waals surface area (Å²) >= 11 is 0. The molecule has 0 amide bonds. The van der Waals surface area contributed by atoms with Gasteiger partial charge in [-0.1, -0.05) is 6.07 Å². The molecule has 0 heterocycles. The third-order valence-electron chi connectivity index (χ3n) is 2.54. The molecule has 2 aromatic carbocycles. The van der Waals surface area contributed by atoms with Crippen molar-refractivity contribution >= 4 is 0 Å². The van der Waals surface area contributed by atoms with Crippen LogP contribution in [0.4, 0.5) is 22.0 Å². The first-order valence-electron chi connectivity index (χ1n) is 5.14. The van der Waals surface area contributed by atoms with Crippen molar-refractivity contribution in [2.24, 2.45) is 0 Å². The molecule has 0 bridgehead atoms. The number of phenolic OH excluding ortho intramolecular Hbond substituents is 1. The minimum absolute atomic E-state index is 0.120. The van der Waals surface area contributed by atoms with Gasteiger partial charge in [0.1, 0.15) is 17.4 Å². The number of halogens is 5. The van der Waals surface area contributed by atoms with Crippen molar-refractivity contribution < 1.29 is 27.1 Å². The molecule has 0 saturated heterocycles. The van der Waals surface area contributed by atoms with E-state index < -0.39 is 23.4 Å². The molecule has 0 aliphatic heterocycles. The monoisotopic (exact) mass is 274 g/mol. The zero-order valence-electron chi connectivity index (χ0n) is 9.30. The number of benzene rings is 2. The maximum absolute atomic E-state index is 13.1. The van der Waals surface area contributed by atoms with Crippen LogP contribution in [0.1, 0.15) is 5.56 Å². The van der Waals surface area contributed by atoms with E-state index in [1.807, 2.05) is 0 Å². The molecule has 0 aliphatic rings. The molecule has 0 atom stereocenters. The van der Waals surface area contributed by atoms with E-state index in [2.05, 4.69) is 0 Å². The highest BCUT2D eigenvalue weighted by Gasteiger charge is 2.34. The van der Waals surface area contributed by atoms with Crippen molar-refractivity contribution in [2.75, 3.05) is 0 Å². The van der Waals surface area contributed by atoms with Gasteiger partial charge in [0.15, 0.2) is 0 Å². The fourth-order valence-electron chi connectivity index (χ4n) is 1.65. The van der Waals surface area contributed by atoms with Crippen LogP contribution in [0.15, 0.2) is 36.4 Å². The van der Waals surface area contributed by atoms with Crippen LogP contribution in [0.5, 0.6) is 5.75 Å². The second kappa shape index (κ2) is 4.53. The second-order valence-corrected chi connectivity index (χ2v) is 3.85. The Labute approximate surface area is 104 Å². The Hall–Kier alpha value is -2.11. The first-order chi connectivity index (χ1) is 8.79. The summed E-state index contributed by atoms with van der Waals surface area (Å²) in [6.45, 7) is 0. The molecule has 0 saturated carbocycles. The smallest absolute Gasteiger partial charge is 0.419 e. The average Bonchev–Trinajstić information content (AvgIpc) is 2.31. The quantitative estimate of drug-likeness (QED) is 0.766. The lowest BCUT2D eigenvalue weighted by atomic mass is 10.0. The lowest BCUT2D eigenvalue weighted by Crippen LogP contribution is -2.08. The summed E-state index contributed by atoms with van der Waals surface area (Å²) in [5.41, 5.74) is -1.72. The normalized spacial score (nSPS) is 11.6. The van der Waals surface area contributed by atoms with E-state index in [9.17, 15) is 27.1 Å². The first-order valence-corrected chi connectivity index (χ1v) is 5.14. The largest absolute Gasteiger partial charge is 0.507 e. The van der Waals surface area contributed by atoms with Crippen molar-refractivity contribution in [2.45, 2.75) is 6.18 Å². The molecular formula is C13H7F5O. The molecule has 1 nitrogen and oxygen atoms in total. The highest BCUT2D eigenvalue weighted by Crippen LogP contribution is 2.36. The Morgan fingerprint density at radius 1 is 0.895 bits per heavy atom. The van der Waals surface area contributed by atoms with Crippen LogP contribution < -0.4 is 0 Å². The molecule has 2 aromatic rings. The van der Waals surface area contributed by atoms with Crippen LogP contribution in [-0.4, -0.2) is 5.11 Å². The van der Waals surface area contributed by atoms with Gasteiger partial charge in [-0.2, -0.15) is 13.2 Å². The number of alkyl halides is 3. The highest BCUT2D eigenvalue weighted by molar-refractivity contribution is 5.70. The summed E-state index contributed by atoms with van der Waals surface area (Å²) in [5, 5.41) is 9.51. The van der Waals surface area contributed by atoms with Crippen LogP contribution in [0.3, 0.4) is 0 Å². The standard InChI is InChI=1S/C13H7F5O/c14-8-2-4-12(19)9(6-8)7-1-3-11(15)10(5-7)13(16,17)18/h1-6,19H. The van der Waals surface area contributed by atoms with E-state index in [0.717, 1.165) is 24.3 Å². The lowest BCUT2D eigenvalue weighted by Gasteiger charge is -2.11. The van der Waals surface area contributed by atoms with E-state index in [-0.39, 0.29) is 16.9 Å². The van der Waals surface area contributed by atoms with Gasteiger partial charge in [-0.3, -0.25) is 0 Å². The summed E-state index contributed by atoms with van der Waals surface area (Å²) in [6, 6.07) is 5.06. The summed E-state index contributed by atoms with van der Waals surface area (Å²) in [7, 11) is 0. The second-order valence-electron chi connectivity index (χ2n) is 3.85. The van der Waals surface area contributed by atoms with Crippen molar-refractivity contribution in [1.29, 1.82) is 0 Å². The molecule has 1 N–H and O–H groups in total.